The number of hydrogen-bond donors (Lipinski definition) is 4. The number of nitrogens with two attached hydrogens (primary N) is 2. The normalized spacial score (nSPS) is 12.1. The molecule has 0 spiro atoms. The highest BCUT2D eigenvalue weighted by Gasteiger charge is 2.24. The Bertz CT molecular complexity index is 1960. The van der Waals surface area contributed by atoms with E-state index in [2.05, 4.69) is 118 Å². The third-order valence-electron chi connectivity index (χ3n) is 10.0. The van der Waals surface area contributed by atoms with E-state index in [0.29, 0.717) is 59.7 Å². The van der Waals surface area contributed by atoms with Gasteiger partial charge in [-0.15, -0.1) is 0 Å². The minimum Gasteiger partial charge on any atom is -0.391 e. The van der Waals surface area contributed by atoms with E-state index >= 15 is 0 Å². The van der Waals surface area contributed by atoms with Gasteiger partial charge in [-0.25, -0.2) is 8.78 Å². The maximum atomic E-state index is 14.3. The van der Waals surface area contributed by atoms with Crippen LogP contribution in [0.4, 0.5) is 8.78 Å². The summed E-state index contributed by atoms with van der Waals surface area (Å²) in [5, 5.41) is 11.9. The topological polar surface area (TPSA) is 114 Å². The summed E-state index contributed by atoms with van der Waals surface area (Å²) in [6.45, 7) is 34.3. The Balaban J connectivity index is 0.000000981. The van der Waals surface area contributed by atoms with Crippen LogP contribution in [-0.4, -0.2) is 49.0 Å². The van der Waals surface area contributed by atoms with E-state index in [1.807, 2.05) is 6.07 Å². The van der Waals surface area contributed by atoms with Crippen LogP contribution in [0.1, 0.15) is 204 Å². The molecule has 8 heteroatoms. The number of aldehydes is 1. The number of nitrogens with zero attached hydrogens (tertiary/aromatic N) is 1. The van der Waals surface area contributed by atoms with Gasteiger partial charge in [0, 0.05) is 30.8 Å². The molecule has 0 atom stereocenters. The quantitative estimate of drug-likeness (QED) is 0.112. The zero-order valence-electron chi connectivity index (χ0n) is 39.4. The molecule has 346 valence electrons. The van der Waals surface area contributed by atoms with Crippen molar-refractivity contribution in [1.82, 2.24) is 5.32 Å². The largest absolute Gasteiger partial charge is 0.391 e. The van der Waals surface area contributed by atoms with Crippen molar-refractivity contribution in [2.24, 2.45) is 16.5 Å². The monoisotopic (exact) mass is 859 g/mol. The first kappa shape index (κ1) is 57.8. The standard InChI is InChI=1S/C24H31FN2.C22H27FO.C4H10O.C2H8N2.2CH4/c1-14(2)17-11-20(15(3)4)23(21(12-17)16(5)6)22-13-18(25)7-8-19(22)24-26-9-10-27-24;1-13(2)17-9-19(14(3)4)22(20(10-17)15(5)6)21-11-18(23)8-7-16(21)12-24;1-4(2,3)5;3-1-2-4;;/h7-8,11-16H,9-10H2,1-6H3,(H,26,27);7-15H,1-6H3;5H,1-3H3;1-4H2;2*1H4. The van der Waals surface area contributed by atoms with Crippen LogP contribution >= 0.6 is 0 Å². The molecule has 6 nitrogen and oxygen atoms in total. The number of nitrogens with one attached hydrogen (secondary N) is 1. The lowest BCUT2D eigenvalue weighted by Crippen LogP contribution is -2.20. The van der Waals surface area contributed by atoms with Crippen LogP contribution in [0.25, 0.3) is 22.3 Å². The van der Waals surface area contributed by atoms with Gasteiger partial charge in [-0.05, 0) is 148 Å². The van der Waals surface area contributed by atoms with Gasteiger partial charge in [0.25, 0.3) is 0 Å². The zero-order chi connectivity index (χ0) is 45.6. The van der Waals surface area contributed by atoms with E-state index in [9.17, 15) is 13.6 Å². The summed E-state index contributed by atoms with van der Waals surface area (Å²) in [7, 11) is 0. The van der Waals surface area contributed by atoms with Crippen molar-refractivity contribution in [2.75, 3.05) is 26.2 Å². The zero-order valence-corrected chi connectivity index (χ0v) is 39.4. The molecule has 0 aliphatic carbocycles. The highest BCUT2D eigenvalue weighted by molar-refractivity contribution is 6.06. The lowest BCUT2D eigenvalue weighted by molar-refractivity contribution is 0.102. The SMILES string of the molecule is C.C.CC(C)(C)O.CC(C)c1cc(C(C)C)c(-c2cc(F)ccc2C2=NCCN2)c(C(C)C)c1.CC(C)c1cc(C(C)C)c(-c2cc(F)ccc2C=O)c(C(C)C)c1.NCCN. The van der Waals surface area contributed by atoms with Gasteiger partial charge in [0.2, 0.25) is 0 Å². The van der Waals surface area contributed by atoms with Gasteiger partial charge in [-0.2, -0.15) is 0 Å². The van der Waals surface area contributed by atoms with E-state index in [1.165, 1.54) is 57.1 Å². The number of aliphatic imine (C=N–C) groups is 1. The maximum Gasteiger partial charge on any atom is 0.150 e. The predicted molar refractivity (Wildman–Crippen MR) is 267 cm³/mol. The lowest BCUT2D eigenvalue weighted by Gasteiger charge is -2.24. The summed E-state index contributed by atoms with van der Waals surface area (Å²) in [5.74, 6) is 2.53. The van der Waals surface area contributed by atoms with Gasteiger partial charge in [0.1, 0.15) is 17.5 Å². The molecule has 62 heavy (non-hydrogen) atoms. The number of carbonyl (C=O) groups is 1. The summed E-state index contributed by atoms with van der Waals surface area (Å²) in [5.41, 5.74) is 22.3. The van der Waals surface area contributed by atoms with Gasteiger partial charge < -0.3 is 21.9 Å². The van der Waals surface area contributed by atoms with Gasteiger partial charge in [-0.1, -0.05) is 122 Å². The molecule has 4 aromatic rings. The van der Waals surface area contributed by atoms with Crippen molar-refractivity contribution in [1.29, 1.82) is 0 Å². The number of aliphatic hydroxyl groups is 1. The fourth-order valence-electron chi connectivity index (χ4n) is 6.89. The van der Waals surface area contributed by atoms with Crippen molar-refractivity contribution in [3.05, 3.63) is 117 Å². The van der Waals surface area contributed by atoms with Gasteiger partial charge in [0.15, 0.2) is 6.29 Å². The molecule has 0 radical (unpaired) electrons. The molecule has 5 rings (SSSR count). The van der Waals surface area contributed by atoms with Crippen LogP contribution in [-0.2, 0) is 0 Å². The molecule has 1 heterocycles. The van der Waals surface area contributed by atoms with Crippen molar-refractivity contribution in [3.8, 4) is 22.3 Å². The van der Waals surface area contributed by atoms with Crippen molar-refractivity contribution >= 4 is 12.1 Å². The second kappa shape index (κ2) is 26.4. The molecule has 6 N–H and O–H groups in total. The van der Waals surface area contributed by atoms with Crippen molar-refractivity contribution in [3.63, 3.8) is 0 Å². The third kappa shape index (κ3) is 16.8. The van der Waals surface area contributed by atoms with Crippen LogP contribution in [0.3, 0.4) is 0 Å². The van der Waals surface area contributed by atoms with E-state index in [-0.39, 0.29) is 26.5 Å². The minimum absolute atomic E-state index is 0. The summed E-state index contributed by atoms with van der Waals surface area (Å²) >= 11 is 0. The average Bonchev–Trinajstić information content (AvgIpc) is 3.71. The molecule has 1 aliphatic rings. The summed E-state index contributed by atoms with van der Waals surface area (Å²) in [6, 6.07) is 18.6. The first-order valence-corrected chi connectivity index (χ1v) is 21.8. The minimum atomic E-state index is -0.500. The van der Waals surface area contributed by atoms with E-state index in [1.54, 1.807) is 32.9 Å². The molecule has 0 bridgehead atoms. The van der Waals surface area contributed by atoms with Gasteiger partial charge in [0.05, 0.1) is 12.1 Å². The van der Waals surface area contributed by atoms with Crippen LogP contribution in [0.5, 0.6) is 0 Å². The Hall–Kier alpha value is -4.24. The Labute approximate surface area is 376 Å². The molecule has 0 amide bonds. The molecule has 0 aromatic heterocycles. The first-order valence-electron chi connectivity index (χ1n) is 21.8. The Morgan fingerprint density at radius 2 is 0.968 bits per heavy atom. The Morgan fingerprint density at radius 1 is 0.613 bits per heavy atom. The third-order valence-corrected chi connectivity index (χ3v) is 10.0. The molecule has 0 saturated heterocycles. The average molecular weight is 859 g/mol. The number of carbonyl (C=O) groups excluding carboxylic acids is 1. The predicted octanol–water partition coefficient (Wildman–Crippen LogP) is 13.8. The molecule has 4 aromatic carbocycles. The van der Waals surface area contributed by atoms with Gasteiger partial charge in [-0.3, -0.25) is 9.79 Å². The summed E-state index contributed by atoms with van der Waals surface area (Å²) in [4.78, 5) is 16.1. The number of halogens is 2. The summed E-state index contributed by atoms with van der Waals surface area (Å²) in [6.07, 6.45) is 0.819. The number of rotatable bonds is 11. The van der Waals surface area contributed by atoms with Gasteiger partial charge >= 0.3 is 0 Å². The molecular formula is C54H84F2N4O2. The Morgan fingerprint density at radius 3 is 1.27 bits per heavy atom. The van der Waals surface area contributed by atoms with Crippen LogP contribution in [0, 0.1) is 11.6 Å². The summed E-state index contributed by atoms with van der Waals surface area (Å²) < 4.78 is 28.3. The molecular weight excluding hydrogens is 775 g/mol. The number of benzene rings is 4. The van der Waals surface area contributed by atoms with Crippen molar-refractivity contribution < 1.29 is 18.7 Å². The maximum absolute atomic E-state index is 14.3. The second-order valence-electron chi connectivity index (χ2n) is 18.5. The van der Waals surface area contributed by atoms with E-state index in [4.69, 9.17) is 16.6 Å². The number of amidine groups is 1. The van der Waals surface area contributed by atoms with Crippen LogP contribution < -0.4 is 16.8 Å². The molecule has 0 fully saturated rings. The van der Waals surface area contributed by atoms with Crippen LogP contribution in [0.15, 0.2) is 65.7 Å². The highest BCUT2D eigenvalue weighted by Crippen LogP contribution is 2.42. The van der Waals surface area contributed by atoms with Crippen LogP contribution in [0.2, 0.25) is 0 Å². The fraction of sp³-hybridized carbons (Fsp3) is 0.519. The lowest BCUT2D eigenvalue weighted by atomic mass is 9.80. The fourth-order valence-corrected chi connectivity index (χ4v) is 6.89. The van der Waals surface area contributed by atoms with Crippen molar-refractivity contribution in [2.45, 2.75) is 160 Å². The molecule has 1 aliphatic heterocycles. The second-order valence-corrected chi connectivity index (χ2v) is 18.5. The number of hydrogen-bond acceptors (Lipinski definition) is 6. The highest BCUT2D eigenvalue weighted by atomic mass is 19.1. The smallest absolute Gasteiger partial charge is 0.150 e. The van der Waals surface area contributed by atoms with E-state index < -0.39 is 5.60 Å². The Kier molecular flexibility index (Phi) is 24.6. The first-order chi connectivity index (χ1) is 28.0. The molecule has 0 saturated carbocycles. The van der Waals surface area contributed by atoms with E-state index in [0.717, 1.165) is 41.9 Å². The molecule has 0 unspecified atom stereocenters.